The normalized spacial score (nSPS) is 26.1. The van der Waals surface area contributed by atoms with E-state index in [9.17, 15) is 14.3 Å². The van der Waals surface area contributed by atoms with E-state index in [2.05, 4.69) is 15.0 Å². The van der Waals surface area contributed by atoms with Crippen molar-refractivity contribution in [3.05, 3.63) is 16.7 Å². The fraction of sp³-hybridized carbons (Fsp3) is 0.583. The predicted octanol–water partition coefficient (Wildman–Crippen LogP) is -0.844. The van der Waals surface area contributed by atoms with Crippen LogP contribution in [0.2, 0.25) is 0 Å². The summed E-state index contributed by atoms with van der Waals surface area (Å²) in [6, 6.07) is 0. The Balaban J connectivity index is 1.84. The van der Waals surface area contributed by atoms with Crippen molar-refractivity contribution in [1.29, 1.82) is 0 Å². The maximum Gasteiger partial charge on any atom is 0.353 e. The van der Waals surface area contributed by atoms with Crippen LogP contribution in [0, 0.1) is 0 Å². The third-order valence-corrected chi connectivity index (χ3v) is 4.72. The smallest absolute Gasteiger partial charge is 0.353 e. The van der Waals surface area contributed by atoms with Crippen LogP contribution in [-0.4, -0.2) is 61.8 Å². The number of fused-ring (bicyclic) bond motifs is 1. The number of nitrogens with one attached hydrogen (secondary N) is 1. The molecule has 0 amide bonds. The Bertz CT molecular complexity index is 867. The molecule has 0 radical (unpaired) electrons. The topological polar surface area (TPSA) is 175 Å². The maximum atomic E-state index is 11.9. The van der Waals surface area contributed by atoms with Crippen LogP contribution >= 0.6 is 7.60 Å². The molecule has 1 saturated heterocycles. The summed E-state index contributed by atoms with van der Waals surface area (Å²) in [5.74, 6) is -0.0599. The SMILES string of the molecule is CO[C@H]1C[C@@H](COP(=O)(O)CO)OC1n1cnc2c(=O)[nH]c(N)nc21. The number of nitrogens with zero attached hydrogens (tertiary/aromatic N) is 3. The van der Waals surface area contributed by atoms with Crippen molar-refractivity contribution >= 4 is 24.7 Å². The predicted molar refractivity (Wildman–Crippen MR) is 84.7 cm³/mol. The molecule has 2 aromatic heterocycles. The van der Waals surface area contributed by atoms with Crippen molar-refractivity contribution in [3.63, 3.8) is 0 Å². The number of aromatic nitrogens is 4. The zero-order valence-corrected chi connectivity index (χ0v) is 14.1. The van der Waals surface area contributed by atoms with Crippen LogP contribution in [0.3, 0.4) is 0 Å². The number of hydrogen-bond acceptors (Lipinski definition) is 9. The second-order valence-electron chi connectivity index (χ2n) is 5.51. The number of ether oxygens (including phenoxy) is 2. The number of nitrogen functional groups attached to an aromatic ring is 1. The van der Waals surface area contributed by atoms with Crippen molar-refractivity contribution < 1.29 is 28.6 Å². The van der Waals surface area contributed by atoms with Crippen molar-refractivity contribution in [1.82, 2.24) is 19.5 Å². The van der Waals surface area contributed by atoms with Crippen LogP contribution in [-0.2, 0) is 18.6 Å². The van der Waals surface area contributed by atoms with E-state index in [1.165, 1.54) is 18.0 Å². The first-order valence-electron chi connectivity index (χ1n) is 7.32. The summed E-state index contributed by atoms with van der Waals surface area (Å²) in [4.78, 5) is 31.6. The molecule has 2 aromatic rings. The average Bonchev–Trinajstić information content (AvgIpc) is 3.16. The van der Waals surface area contributed by atoms with E-state index in [0.717, 1.165) is 0 Å². The summed E-state index contributed by atoms with van der Waals surface area (Å²) in [5, 5.41) is 8.77. The summed E-state index contributed by atoms with van der Waals surface area (Å²) in [6.45, 7) is -0.201. The number of nitrogens with two attached hydrogens (primary N) is 1. The first kappa shape index (κ1) is 18.0. The molecule has 12 nitrogen and oxygen atoms in total. The zero-order chi connectivity index (χ0) is 18.2. The Morgan fingerprint density at radius 3 is 3.04 bits per heavy atom. The van der Waals surface area contributed by atoms with Gasteiger partial charge < -0.3 is 29.7 Å². The lowest BCUT2D eigenvalue weighted by atomic mass is 10.2. The van der Waals surface area contributed by atoms with E-state index >= 15 is 0 Å². The van der Waals surface area contributed by atoms with Gasteiger partial charge in [0.25, 0.3) is 5.56 Å². The number of methoxy groups -OCH3 is 1. The van der Waals surface area contributed by atoms with Crippen molar-refractivity contribution in [2.45, 2.75) is 24.9 Å². The van der Waals surface area contributed by atoms with Gasteiger partial charge in [0.05, 0.1) is 19.0 Å². The van der Waals surface area contributed by atoms with Crippen molar-refractivity contribution in [3.8, 4) is 0 Å². The van der Waals surface area contributed by atoms with E-state index in [4.69, 9.17) is 24.8 Å². The summed E-state index contributed by atoms with van der Waals surface area (Å²) in [5.41, 5.74) is 5.44. The number of aliphatic hydroxyl groups is 1. The molecule has 0 bridgehead atoms. The second kappa shape index (κ2) is 6.83. The van der Waals surface area contributed by atoms with Gasteiger partial charge >= 0.3 is 7.60 Å². The molecule has 3 heterocycles. The zero-order valence-electron chi connectivity index (χ0n) is 13.2. The van der Waals surface area contributed by atoms with Gasteiger partial charge in [-0.15, -0.1) is 0 Å². The molecule has 0 aliphatic carbocycles. The Labute approximate surface area is 141 Å². The quantitative estimate of drug-likeness (QED) is 0.466. The molecule has 0 aromatic carbocycles. The van der Waals surface area contributed by atoms with Crippen molar-refractivity contribution in [2.75, 3.05) is 25.8 Å². The van der Waals surface area contributed by atoms with Gasteiger partial charge in [0.1, 0.15) is 12.5 Å². The summed E-state index contributed by atoms with van der Waals surface area (Å²) < 4.78 is 28.9. The first-order valence-corrected chi connectivity index (χ1v) is 9.08. The van der Waals surface area contributed by atoms with Gasteiger partial charge in [0.15, 0.2) is 17.4 Å². The molecule has 25 heavy (non-hydrogen) atoms. The minimum atomic E-state index is -4.04. The molecule has 1 fully saturated rings. The van der Waals surface area contributed by atoms with E-state index in [1.54, 1.807) is 0 Å². The highest BCUT2D eigenvalue weighted by atomic mass is 31.2. The number of hydrogen-bond donors (Lipinski definition) is 4. The maximum absolute atomic E-state index is 11.9. The summed E-state index contributed by atoms with van der Waals surface area (Å²) in [6.07, 6.45) is -0.888. The van der Waals surface area contributed by atoms with E-state index in [0.29, 0.717) is 6.42 Å². The van der Waals surface area contributed by atoms with Gasteiger partial charge in [0.2, 0.25) is 5.95 Å². The van der Waals surface area contributed by atoms with Crippen LogP contribution in [0.15, 0.2) is 11.1 Å². The molecule has 13 heteroatoms. The highest BCUT2D eigenvalue weighted by Crippen LogP contribution is 2.42. The van der Waals surface area contributed by atoms with E-state index in [1.807, 2.05) is 0 Å². The number of anilines is 1. The minimum Gasteiger partial charge on any atom is -0.384 e. The van der Waals surface area contributed by atoms with Gasteiger partial charge in [-0.2, -0.15) is 4.98 Å². The highest BCUT2D eigenvalue weighted by molar-refractivity contribution is 7.52. The first-order chi connectivity index (χ1) is 11.8. The lowest BCUT2D eigenvalue weighted by Gasteiger charge is -2.19. The lowest BCUT2D eigenvalue weighted by molar-refractivity contribution is -0.0568. The summed E-state index contributed by atoms with van der Waals surface area (Å²) >= 11 is 0. The molecule has 4 atom stereocenters. The monoisotopic (exact) mass is 375 g/mol. The molecule has 1 aliphatic rings. The second-order valence-corrected chi connectivity index (χ2v) is 7.32. The van der Waals surface area contributed by atoms with Crippen LogP contribution < -0.4 is 11.3 Å². The fourth-order valence-corrected chi connectivity index (χ4v) is 3.13. The molecular formula is C12H18N5O7P. The van der Waals surface area contributed by atoms with Crippen LogP contribution in [0.4, 0.5) is 5.95 Å². The van der Waals surface area contributed by atoms with Gasteiger partial charge in [-0.25, -0.2) is 4.98 Å². The van der Waals surface area contributed by atoms with Gasteiger partial charge in [-0.3, -0.25) is 18.9 Å². The third-order valence-electron chi connectivity index (χ3n) is 3.81. The number of aliphatic hydroxyl groups excluding tert-OH is 1. The largest absolute Gasteiger partial charge is 0.384 e. The number of aromatic amines is 1. The van der Waals surface area contributed by atoms with Gasteiger partial charge in [-0.1, -0.05) is 0 Å². The Hall–Kier alpha value is -1.82. The van der Waals surface area contributed by atoms with Gasteiger partial charge in [0, 0.05) is 13.5 Å². The Morgan fingerprint density at radius 1 is 1.60 bits per heavy atom. The molecule has 3 rings (SSSR count). The molecule has 0 saturated carbocycles. The number of rotatable bonds is 6. The third kappa shape index (κ3) is 3.59. The highest BCUT2D eigenvalue weighted by Gasteiger charge is 2.38. The summed E-state index contributed by atoms with van der Waals surface area (Å²) in [7, 11) is -2.56. The molecule has 2 unspecified atom stereocenters. The fourth-order valence-electron chi connectivity index (χ4n) is 2.65. The Kier molecular flexibility index (Phi) is 4.91. The molecule has 138 valence electrons. The minimum absolute atomic E-state index is 0.0599. The van der Waals surface area contributed by atoms with Crippen LogP contribution in [0.5, 0.6) is 0 Å². The number of imidazole rings is 1. The van der Waals surface area contributed by atoms with E-state index in [-0.39, 0.29) is 23.7 Å². The van der Waals surface area contributed by atoms with E-state index < -0.39 is 37.9 Å². The van der Waals surface area contributed by atoms with Crippen LogP contribution in [0.25, 0.3) is 11.2 Å². The van der Waals surface area contributed by atoms with Gasteiger partial charge in [-0.05, 0) is 0 Å². The lowest BCUT2D eigenvalue weighted by Crippen LogP contribution is -2.22. The molecular weight excluding hydrogens is 357 g/mol. The molecule has 1 aliphatic heterocycles. The standard InChI is InChI=1S/C12H18N5O7P/c1-22-7-2-6(3-23-25(20,21)5-18)24-11(7)17-4-14-8-9(17)15-12(13)16-10(8)19/h4,6-7,11,18H,2-3,5H2,1H3,(H,20,21)(H3,13,15,16,19)/t6-,7-,11?/m0/s1. The number of H-pyrrole nitrogens is 1. The Morgan fingerprint density at radius 2 is 2.36 bits per heavy atom. The molecule has 5 N–H and O–H groups in total. The van der Waals surface area contributed by atoms with Crippen molar-refractivity contribution in [2.24, 2.45) is 0 Å². The average molecular weight is 375 g/mol. The van der Waals surface area contributed by atoms with Crippen LogP contribution in [0.1, 0.15) is 12.6 Å². The molecule has 0 spiro atoms.